The zero-order valence-corrected chi connectivity index (χ0v) is 8.38. The number of benzene rings is 1. The third-order valence-electron chi connectivity index (χ3n) is 1.69. The molecule has 6 heteroatoms. The molecule has 1 aromatic carbocycles. The second-order valence-corrected chi connectivity index (χ2v) is 3.01. The van der Waals surface area contributed by atoms with Crippen LogP contribution in [-0.2, 0) is 11.0 Å². The summed E-state index contributed by atoms with van der Waals surface area (Å²) >= 11 is 0. The zero-order valence-electron chi connectivity index (χ0n) is 8.38. The Morgan fingerprint density at radius 3 is 2.56 bits per heavy atom. The fourth-order valence-electron chi connectivity index (χ4n) is 1.06. The Morgan fingerprint density at radius 1 is 1.38 bits per heavy atom. The second kappa shape index (κ2) is 4.78. The van der Waals surface area contributed by atoms with E-state index in [1.54, 1.807) is 0 Å². The number of hydrogen-bond donors (Lipinski definition) is 1. The normalized spacial score (nSPS) is 11.8. The van der Waals surface area contributed by atoms with Gasteiger partial charge < -0.3 is 0 Å². The molecule has 1 N–H and O–H groups in total. The van der Waals surface area contributed by atoms with Crippen LogP contribution in [0.1, 0.15) is 18.1 Å². The minimum Gasteiger partial charge on any atom is -0.274 e. The van der Waals surface area contributed by atoms with Gasteiger partial charge in [-0.2, -0.15) is 18.3 Å². The molecular formula is C10H9F3N2O. The van der Waals surface area contributed by atoms with Crippen LogP contribution in [0.5, 0.6) is 0 Å². The largest absolute Gasteiger partial charge is 0.417 e. The summed E-state index contributed by atoms with van der Waals surface area (Å²) in [7, 11) is 0. The van der Waals surface area contributed by atoms with Gasteiger partial charge in [0.15, 0.2) is 0 Å². The second-order valence-electron chi connectivity index (χ2n) is 3.01. The average molecular weight is 230 g/mol. The molecule has 0 spiro atoms. The van der Waals surface area contributed by atoms with Crippen molar-refractivity contribution in [1.29, 1.82) is 0 Å². The van der Waals surface area contributed by atoms with Crippen LogP contribution in [0.15, 0.2) is 29.4 Å². The Hall–Kier alpha value is -1.85. The minimum atomic E-state index is -4.43. The third kappa shape index (κ3) is 3.38. The van der Waals surface area contributed by atoms with E-state index in [2.05, 4.69) is 5.10 Å². The van der Waals surface area contributed by atoms with Gasteiger partial charge in [0.05, 0.1) is 11.8 Å². The van der Waals surface area contributed by atoms with E-state index in [0.717, 1.165) is 12.3 Å². The molecule has 0 saturated heterocycles. The van der Waals surface area contributed by atoms with E-state index in [4.69, 9.17) is 0 Å². The molecule has 0 aliphatic heterocycles. The summed E-state index contributed by atoms with van der Waals surface area (Å²) in [5.41, 5.74) is 1.15. The molecule has 0 unspecified atom stereocenters. The summed E-state index contributed by atoms with van der Waals surface area (Å²) in [6.45, 7) is 1.22. The van der Waals surface area contributed by atoms with Gasteiger partial charge in [0.1, 0.15) is 0 Å². The summed E-state index contributed by atoms with van der Waals surface area (Å²) in [5, 5.41) is 3.39. The van der Waals surface area contributed by atoms with Crippen LogP contribution in [-0.4, -0.2) is 12.1 Å². The van der Waals surface area contributed by atoms with E-state index in [-0.39, 0.29) is 5.56 Å². The van der Waals surface area contributed by atoms with Gasteiger partial charge in [-0.05, 0) is 6.07 Å². The SMILES string of the molecule is CC(=O)NN=Cc1ccccc1C(F)(F)F. The Kier molecular flexibility index (Phi) is 3.65. The lowest BCUT2D eigenvalue weighted by Crippen LogP contribution is -2.13. The molecule has 0 aliphatic rings. The molecule has 0 atom stereocenters. The first-order valence-electron chi connectivity index (χ1n) is 4.37. The molecule has 1 rings (SSSR count). The molecule has 0 aromatic heterocycles. The van der Waals surface area contributed by atoms with Gasteiger partial charge in [0.2, 0.25) is 5.91 Å². The summed E-state index contributed by atoms with van der Waals surface area (Å²) in [6, 6.07) is 4.98. The Balaban J connectivity index is 2.96. The lowest BCUT2D eigenvalue weighted by molar-refractivity contribution is -0.137. The molecule has 16 heavy (non-hydrogen) atoms. The number of halogens is 3. The number of carbonyl (C=O) groups is 1. The highest BCUT2D eigenvalue weighted by atomic mass is 19.4. The third-order valence-corrected chi connectivity index (χ3v) is 1.69. The average Bonchev–Trinajstić information content (AvgIpc) is 2.16. The summed E-state index contributed by atoms with van der Waals surface area (Å²) in [5.74, 6) is -0.444. The molecule has 0 aliphatic carbocycles. The molecule has 1 amide bonds. The highest BCUT2D eigenvalue weighted by Gasteiger charge is 2.32. The van der Waals surface area contributed by atoms with Gasteiger partial charge in [0.25, 0.3) is 0 Å². The van der Waals surface area contributed by atoms with Gasteiger partial charge in [-0.15, -0.1) is 0 Å². The van der Waals surface area contributed by atoms with Crippen molar-refractivity contribution < 1.29 is 18.0 Å². The van der Waals surface area contributed by atoms with Gasteiger partial charge in [-0.1, -0.05) is 18.2 Å². The van der Waals surface area contributed by atoms with E-state index < -0.39 is 17.6 Å². The van der Waals surface area contributed by atoms with Crippen molar-refractivity contribution in [2.75, 3.05) is 0 Å². The summed E-state index contributed by atoms with van der Waals surface area (Å²) in [4.78, 5) is 10.5. The van der Waals surface area contributed by atoms with Crippen LogP contribution < -0.4 is 5.43 Å². The maximum absolute atomic E-state index is 12.5. The molecular weight excluding hydrogens is 221 g/mol. The molecule has 86 valence electrons. The number of amides is 1. The van der Waals surface area contributed by atoms with Gasteiger partial charge >= 0.3 is 6.18 Å². The van der Waals surface area contributed by atoms with Crippen LogP contribution in [0.25, 0.3) is 0 Å². The number of carbonyl (C=O) groups excluding carboxylic acids is 1. The summed E-state index contributed by atoms with van der Waals surface area (Å²) in [6.07, 6.45) is -3.47. The molecule has 0 radical (unpaired) electrons. The molecule has 3 nitrogen and oxygen atoms in total. The molecule has 1 aromatic rings. The van der Waals surface area contributed by atoms with Gasteiger partial charge in [0, 0.05) is 12.5 Å². The lowest BCUT2D eigenvalue weighted by Gasteiger charge is -2.08. The Morgan fingerprint density at radius 2 is 2.00 bits per heavy atom. The number of rotatable bonds is 2. The standard InChI is InChI=1S/C10H9F3N2O/c1-7(16)15-14-6-8-4-2-3-5-9(8)10(11,12)13/h2-6H,1H3,(H,15,16). The topological polar surface area (TPSA) is 41.5 Å². The van der Waals surface area contributed by atoms with Crippen molar-refractivity contribution in [1.82, 2.24) is 5.43 Å². The highest BCUT2D eigenvalue weighted by Crippen LogP contribution is 2.30. The predicted octanol–water partition coefficient (Wildman–Crippen LogP) is 2.18. The number of hydrogen-bond acceptors (Lipinski definition) is 2. The number of alkyl halides is 3. The van der Waals surface area contributed by atoms with E-state index in [9.17, 15) is 18.0 Å². The van der Waals surface area contributed by atoms with Crippen LogP contribution in [0, 0.1) is 0 Å². The molecule has 0 fully saturated rings. The van der Waals surface area contributed by atoms with Crippen LogP contribution >= 0.6 is 0 Å². The number of hydrazone groups is 1. The number of nitrogens with zero attached hydrogens (tertiary/aromatic N) is 1. The van der Waals surface area contributed by atoms with Crippen molar-refractivity contribution in [3.63, 3.8) is 0 Å². The van der Waals surface area contributed by atoms with E-state index >= 15 is 0 Å². The smallest absolute Gasteiger partial charge is 0.274 e. The van der Waals surface area contributed by atoms with Gasteiger partial charge in [-0.3, -0.25) is 4.79 Å². The Bertz CT molecular complexity index is 413. The summed E-state index contributed by atoms with van der Waals surface area (Å²) < 4.78 is 37.5. The minimum absolute atomic E-state index is 0.0937. The van der Waals surface area contributed by atoms with Crippen LogP contribution in [0.4, 0.5) is 13.2 Å². The molecule has 0 heterocycles. The number of nitrogens with one attached hydrogen (secondary N) is 1. The lowest BCUT2D eigenvalue weighted by atomic mass is 10.1. The maximum Gasteiger partial charge on any atom is 0.417 e. The fraction of sp³-hybridized carbons (Fsp3) is 0.200. The quantitative estimate of drug-likeness (QED) is 0.614. The van der Waals surface area contributed by atoms with Crippen molar-refractivity contribution in [2.45, 2.75) is 13.1 Å². The van der Waals surface area contributed by atoms with E-state index in [0.29, 0.717) is 0 Å². The van der Waals surface area contributed by atoms with Crippen molar-refractivity contribution in [2.24, 2.45) is 5.10 Å². The molecule has 0 bridgehead atoms. The van der Waals surface area contributed by atoms with E-state index in [1.807, 2.05) is 5.43 Å². The first-order chi connectivity index (χ1) is 7.41. The van der Waals surface area contributed by atoms with E-state index in [1.165, 1.54) is 25.1 Å². The van der Waals surface area contributed by atoms with Crippen molar-refractivity contribution >= 4 is 12.1 Å². The maximum atomic E-state index is 12.5. The zero-order chi connectivity index (χ0) is 12.2. The monoisotopic (exact) mass is 230 g/mol. The van der Waals surface area contributed by atoms with Crippen molar-refractivity contribution in [3.05, 3.63) is 35.4 Å². The first-order valence-corrected chi connectivity index (χ1v) is 4.37. The van der Waals surface area contributed by atoms with Gasteiger partial charge in [-0.25, -0.2) is 5.43 Å². The first kappa shape index (κ1) is 12.2. The highest BCUT2D eigenvalue weighted by molar-refractivity contribution is 5.83. The molecule has 0 saturated carbocycles. The van der Waals surface area contributed by atoms with Crippen LogP contribution in [0.3, 0.4) is 0 Å². The Labute approximate surface area is 90.0 Å². The fourth-order valence-corrected chi connectivity index (χ4v) is 1.06. The van der Waals surface area contributed by atoms with Crippen LogP contribution in [0.2, 0.25) is 0 Å². The van der Waals surface area contributed by atoms with Crippen molar-refractivity contribution in [3.8, 4) is 0 Å². The predicted molar refractivity (Wildman–Crippen MR) is 52.9 cm³/mol.